The Labute approximate surface area is 282 Å². The molecule has 0 saturated carbocycles. The first-order valence-electron chi connectivity index (χ1n) is 15.2. The molecule has 13 nitrogen and oxygen atoms in total. The number of methoxy groups -OCH3 is 1. The van der Waals surface area contributed by atoms with E-state index in [1.165, 1.54) is 39.8 Å². The summed E-state index contributed by atoms with van der Waals surface area (Å²) in [6, 6.07) is 19.4. The van der Waals surface area contributed by atoms with E-state index in [0.717, 1.165) is 10.3 Å². The molecule has 0 radical (unpaired) electrons. The van der Waals surface area contributed by atoms with Gasteiger partial charge in [0.05, 0.1) is 46.4 Å². The average molecular weight is 696 g/mol. The van der Waals surface area contributed by atoms with E-state index in [1.54, 1.807) is 35.8 Å². The van der Waals surface area contributed by atoms with Crippen LogP contribution in [0, 0.1) is 5.92 Å². The molecule has 0 unspecified atom stereocenters. The minimum atomic E-state index is -4.04. The van der Waals surface area contributed by atoms with Crippen LogP contribution in [0.4, 0.5) is 21.0 Å². The summed E-state index contributed by atoms with van der Waals surface area (Å²) in [6.45, 7) is 3.47. The summed E-state index contributed by atoms with van der Waals surface area (Å²) in [6.07, 6.45) is -3.82. The molecule has 3 atom stereocenters. The van der Waals surface area contributed by atoms with Crippen LogP contribution in [0.3, 0.4) is 0 Å². The zero-order chi connectivity index (χ0) is 34.4. The first kappa shape index (κ1) is 34.8. The van der Waals surface area contributed by atoms with Crippen LogP contribution in [-0.4, -0.2) is 85.9 Å². The highest BCUT2D eigenvalue weighted by Crippen LogP contribution is 2.27. The number of amides is 3. The lowest BCUT2D eigenvalue weighted by Gasteiger charge is -2.31. The number of aliphatic hydroxyl groups is 1. The number of hydrogen-bond donors (Lipinski definition) is 3. The number of benzene rings is 3. The molecule has 3 N–H and O–H groups in total. The summed E-state index contributed by atoms with van der Waals surface area (Å²) >= 11 is 1.33. The lowest BCUT2D eigenvalue weighted by atomic mass is 10.0. The Morgan fingerprint density at radius 3 is 2.60 bits per heavy atom. The molecule has 0 bridgehead atoms. The molecule has 1 aromatic heterocycles. The number of thiazole rings is 1. The lowest BCUT2D eigenvalue weighted by Crippen LogP contribution is -2.53. The van der Waals surface area contributed by atoms with Crippen molar-refractivity contribution in [1.82, 2.24) is 14.6 Å². The molecule has 0 spiro atoms. The van der Waals surface area contributed by atoms with Crippen LogP contribution in [0.25, 0.3) is 10.2 Å². The number of cyclic esters (lactones) is 1. The van der Waals surface area contributed by atoms with Crippen LogP contribution < -0.4 is 15.5 Å². The van der Waals surface area contributed by atoms with Crippen molar-refractivity contribution >= 4 is 61.0 Å². The summed E-state index contributed by atoms with van der Waals surface area (Å²) in [7, 11) is -2.81. The molecule has 1 aliphatic heterocycles. The number of fused-ring (bicyclic) bond motifs is 1. The Hall–Kier alpha value is -4.57. The van der Waals surface area contributed by atoms with E-state index in [9.17, 15) is 27.9 Å². The smallest absolute Gasteiger partial charge is 0.415 e. The normalized spacial score (nSPS) is 16.2. The molecule has 15 heteroatoms. The molecule has 5 rings (SSSR count). The maximum Gasteiger partial charge on any atom is 0.415 e. The van der Waals surface area contributed by atoms with Crippen LogP contribution in [0.2, 0.25) is 0 Å². The van der Waals surface area contributed by atoms with E-state index in [4.69, 9.17) is 4.74 Å². The summed E-state index contributed by atoms with van der Waals surface area (Å²) in [5.41, 5.74) is 3.90. The zero-order valence-electron chi connectivity index (χ0n) is 26.6. The molecule has 254 valence electrons. The van der Waals surface area contributed by atoms with Gasteiger partial charge in [-0.2, -0.15) is 4.31 Å². The Kier molecular flexibility index (Phi) is 10.9. The molecular formula is C33H37N5O8S2. The fraction of sp³-hybridized carbons (Fsp3) is 0.333. The van der Waals surface area contributed by atoms with Crippen molar-refractivity contribution < 1.29 is 37.4 Å². The van der Waals surface area contributed by atoms with E-state index in [1.807, 2.05) is 44.2 Å². The van der Waals surface area contributed by atoms with Gasteiger partial charge in [0.1, 0.15) is 0 Å². The van der Waals surface area contributed by atoms with E-state index in [2.05, 4.69) is 20.4 Å². The Morgan fingerprint density at radius 1 is 1.10 bits per heavy atom. The van der Waals surface area contributed by atoms with Gasteiger partial charge in [-0.25, -0.2) is 23.0 Å². The van der Waals surface area contributed by atoms with Gasteiger partial charge < -0.3 is 19.9 Å². The summed E-state index contributed by atoms with van der Waals surface area (Å²) < 4.78 is 39.8. The van der Waals surface area contributed by atoms with Gasteiger partial charge in [-0.05, 0) is 54.3 Å². The van der Waals surface area contributed by atoms with E-state index in [0.29, 0.717) is 16.9 Å². The minimum absolute atomic E-state index is 0.0634. The number of rotatable bonds is 13. The number of nitrogens with one attached hydrogen (secondary N) is 2. The van der Waals surface area contributed by atoms with Crippen molar-refractivity contribution in [2.75, 3.05) is 37.0 Å². The number of anilines is 2. The Morgan fingerprint density at radius 2 is 1.88 bits per heavy atom. The number of carbonyl (C=O) groups is 3. The minimum Gasteiger partial charge on any atom is -0.453 e. The highest BCUT2D eigenvalue weighted by Gasteiger charge is 2.39. The van der Waals surface area contributed by atoms with Gasteiger partial charge in [-0.15, -0.1) is 11.3 Å². The van der Waals surface area contributed by atoms with E-state index >= 15 is 0 Å². The number of carbonyl (C=O) groups excluding carboxylic acids is 3. The van der Waals surface area contributed by atoms with Crippen molar-refractivity contribution in [3.05, 3.63) is 83.9 Å². The van der Waals surface area contributed by atoms with Crippen LogP contribution in [0.15, 0.2) is 83.2 Å². The molecule has 1 fully saturated rings. The van der Waals surface area contributed by atoms with Gasteiger partial charge in [-0.3, -0.25) is 15.0 Å². The van der Waals surface area contributed by atoms with Gasteiger partial charge in [0.25, 0.3) is 5.91 Å². The second-order valence-corrected chi connectivity index (χ2v) is 14.5. The quantitative estimate of drug-likeness (QED) is 0.185. The standard InChI is InChI=1S/C33H37N5O8S2/c1-21(2)17-37(48(43,44)25-12-13-26-30(16-25)47-20-34-26)18-28(39)27(14-22-8-5-4-6-9-22)36-31(40)29-19-38(33(42)46-29)24-11-7-10-23(15-24)35-32(41)45-3/h4-13,15-16,20-21,27-29,39H,14,17-19H2,1-3H3,(H,35,41)(H,36,40)/t27-,28+,29-/m0/s1. The monoisotopic (exact) mass is 695 g/mol. The van der Waals surface area contributed by atoms with Crippen molar-refractivity contribution in [1.29, 1.82) is 0 Å². The lowest BCUT2D eigenvalue weighted by molar-refractivity contribution is -0.129. The van der Waals surface area contributed by atoms with Crippen LogP contribution in [0.5, 0.6) is 0 Å². The summed E-state index contributed by atoms with van der Waals surface area (Å²) in [4.78, 5) is 43.6. The SMILES string of the molecule is COC(=O)Nc1cccc(N2C[C@@H](C(=O)N[C@@H](Cc3ccccc3)[C@H](O)CN(CC(C)C)S(=O)(=O)c3ccc4ncsc4c3)OC2=O)c1. The third-order valence-corrected chi connectivity index (χ3v) is 10.3. The molecular weight excluding hydrogens is 659 g/mol. The number of sulfonamides is 1. The van der Waals surface area contributed by atoms with Crippen LogP contribution >= 0.6 is 11.3 Å². The zero-order valence-corrected chi connectivity index (χ0v) is 28.2. The van der Waals surface area contributed by atoms with E-state index < -0.39 is 46.4 Å². The maximum absolute atomic E-state index is 13.9. The predicted octanol–water partition coefficient (Wildman–Crippen LogP) is 4.24. The third-order valence-electron chi connectivity index (χ3n) is 7.68. The number of nitrogens with zero attached hydrogens (tertiary/aromatic N) is 3. The van der Waals surface area contributed by atoms with Crippen molar-refractivity contribution in [2.24, 2.45) is 5.92 Å². The fourth-order valence-corrected chi connectivity index (χ4v) is 7.76. The number of aromatic nitrogens is 1. The van der Waals surface area contributed by atoms with Gasteiger partial charge in [0.2, 0.25) is 10.0 Å². The molecule has 4 aromatic rings. The van der Waals surface area contributed by atoms with Gasteiger partial charge in [-0.1, -0.05) is 50.2 Å². The molecule has 3 aromatic carbocycles. The number of aliphatic hydroxyl groups excluding tert-OH is 1. The van der Waals surface area contributed by atoms with Crippen molar-refractivity contribution in [3.8, 4) is 0 Å². The fourth-order valence-electron chi connectivity index (χ4n) is 5.32. The topological polar surface area (TPSA) is 167 Å². The highest BCUT2D eigenvalue weighted by molar-refractivity contribution is 7.89. The number of hydrogen-bond acceptors (Lipinski definition) is 10. The van der Waals surface area contributed by atoms with Crippen molar-refractivity contribution in [2.45, 2.75) is 43.4 Å². The van der Waals surface area contributed by atoms with Gasteiger partial charge in [0.15, 0.2) is 6.10 Å². The van der Waals surface area contributed by atoms with Gasteiger partial charge in [0, 0.05) is 24.5 Å². The first-order valence-corrected chi connectivity index (χ1v) is 17.6. The number of ether oxygens (including phenoxy) is 2. The highest BCUT2D eigenvalue weighted by atomic mass is 32.2. The van der Waals surface area contributed by atoms with Gasteiger partial charge >= 0.3 is 12.2 Å². The third kappa shape index (κ3) is 8.28. The second-order valence-electron chi connectivity index (χ2n) is 11.7. The molecule has 3 amide bonds. The Balaban J connectivity index is 1.35. The average Bonchev–Trinajstić information content (AvgIpc) is 3.70. The largest absolute Gasteiger partial charge is 0.453 e. The molecule has 1 saturated heterocycles. The van der Waals surface area contributed by atoms with E-state index in [-0.39, 0.29) is 36.9 Å². The van der Waals surface area contributed by atoms with Crippen molar-refractivity contribution in [3.63, 3.8) is 0 Å². The first-order chi connectivity index (χ1) is 22.9. The summed E-state index contributed by atoms with van der Waals surface area (Å²) in [5.74, 6) is -0.713. The predicted molar refractivity (Wildman–Crippen MR) is 181 cm³/mol. The maximum atomic E-state index is 13.9. The molecule has 2 heterocycles. The molecule has 1 aliphatic rings. The van der Waals surface area contributed by atoms with Crippen LogP contribution in [0.1, 0.15) is 19.4 Å². The van der Waals surface area contributed by atoms with Crippen LogP contribution in [-0.2, 0) is 30.7 Å². The second kappa shape index (κ2) is 15.1. The molecule has 48 heavy (non-hydrogen) atoms. The summed E-state index contributed by atoms with van der Waals surface area (Å²) in [5, 5.41) is 17.0. The molecule has 0 aliphatic carbocycles. The Bertz CT molecular complexity index is 1870.